The summed E-state index contributed by atoms with van der Waals surface area (Å²) in [4.78, 5) is 12.7. The van der Waals surface area contributed by atoms with E-state index in [4.69, 9.17) is 18.9 Å². The average molecular weight is 641 g/mol. The van der Waals surface area contributed by atoms with Gasteiger partial charge in [-0.1, -0.05) is 110 Å². The van der Waals surface area contributed by atoms with Crippen molar-refractivity contribution in [2.45, 2.75) is 51.2 Å². The van der Waals surface area contributed by atoms with Gasteiger partial charge < -0.3 is 18.9 Å². The summed E-state index contributed by atoms with van der Waals surface area (Å²) in [7, 11) is 3.35. The second-order valence-electron chi connectivity index (χ2n) is 12.6. The minimum atomic E-state index is -0.836. The van der Waals surface area contributed by atoms with Gasteiger partial charge in [-0.2, -0.15) is 0 Å². The monoisotopic (exact) mass is 640 g/mol. The molecule has 0 spiro atoms. The van der Waals surface area contributed by atoms with E-state index in [0.717, 1.165) is 59.4 Å². The van der Waals surface area contributed by atoms with E-state index < -0.39 is 5.60 Å². The number of esters is 1. The standard InChI is InChI=1S/C43H44O5/c1-31(12-7-10-19-42(44)47-30-33-14-11-18-40-39-17-9-8-13-32(39)28-41(33)40)29-48-43(34-15-5-4-6-16-34,35-20-24-37(45-2)25-21-35)36-22-26-38(46-3)27-23-36/h4-6,8-9,11,13-18,20-27,31H,7,10,12,19,28-30H2,1-3H3. The van der Waals surface area contributed by atoms with E-state index in [0.29, 0.717) is 19.6 Å². The summed E-state index contributed by atoms with van der Waals surface area (Å²) in [6.07, 6.45) is 3.94. The summed E-state index contributed by atoms with van der Waals surface area (Å²) < 4.78 is 23.7. The Morgan fingerprint density at radius 3 is 1.96 bits per heavy atom. The van der Waals surface area contributed by atoms with Crippen LogP contribution in [0.25, 0.3) is 11.1 Å². The Labute approximate surface area is 284 Å². The molecule has 0 saturated carbocycles. The van der Waals surface area contributed by atoms with Crippen LogP contribution in [-0.4, -0.2) is 26.8 Å². The number of rotatable bonds is 15. The molecule has 0 fully saturated rings. The molecule has 5 aromatic rings. The van der Waals surface area contributed by atoms with E-state index in [1.165, 1.54) is 22.3 Å². The molecule has 0 bridgehead atoms. The van der Waals surface area contributed by atoms with Crippen molar-refractivity contribution in [1.29, 1.82) is 0 Å². The molecule has 6 rings (SSSR count). The molecule has 0 amide bonds. The molecule has 0 radical (unpaired) electrons. The first-order chi connectivity index (χ1) is 23.5. The predicted molar refractivity (Wildman–Crippen MR) is 190 cm³/mol. The molecule has 5 nitrogen and oxygen atoms in total. The lowest BCUT2D eigenvalue weighted by Crippen LogP contribution is -2.34. The molecule has 1 aliphatic carbocycles. The maximum Gasteiger partial charge on any atom is 0.306 e. The van der Waals surface area contributed by atoms with Crippen LogP contribution in [0.2, 0.25) is 0 Å². The predicted octanol–water partition coefficient (Wildman–Crippen LogP) is 9.52. The fourth-order valence-electron chi connectivity index (χ4n) is 6.78. The van der Waals surface area contributed by atoms with Crippen molar-refractivity contribution < 1.29 is 23.7 Å². The number of hydrogen-bond acceptors (Lipinski definition) is 5. The normalized spacial score (nSPS) is 12.6. The Kier molecular flexibility index (Phi) is 10.6. The second-order valence-corrected chi connectivity index (χ2v) is 12.6. The Morgan fingerprint density at radius 1 is 0.688 bits per heavy atom. The third kappa shape index (κ3) is 7.17. The molecule has 0 N–H and O–H groups in total. The van der Waals surface area contributed by atoms with Gasteiger partial charge in [0, 0.05) is 6.42 Å². The van der Waals surface area contributed by atoms with Crippen LogP contribution in [-0.2, 0) is 32.9 Å². The summed E-state index contributed by atoms with van der Waals surface area (Å²) in [5, 5.41) is 0. The Bertz CT molecular complexity index is 1750. The van der Waals surface area contributed by atoms with Gasteiger partial charge in [-0.05, 0) is 94.0 Å². The molecule has 1 atom stereocenters. The zero-order chi connectivity index (χ0) is 33.3. The van der Waals surface area contributed by atoms with Crippen molar-refractivity contribution in [3.05, 3.63) is 155 Å². The minimum absolute atomic E-state index is 0.144. The molecule has 0 aromatic heterocycles. The first-order valence-corrected chi connectivity index (χ1v) is 16.8. The van der Waals surface area contributed by atoms with Gasteiger partial charge in [0.25, 0.3) is 0 Å². The van der Waals surface area contributed by atoms with Crippen molar-refractivity contribution >= 4 is 5.97 Å². The van der Waals surface area contributed by atoms with Gasteiger partial charge in [0.1, 0.15) is 23.7 Å². The fourth-order valence-corrected chi connectivity index (χ4v) is 6.78. The van der Waals surface area contributed by atoms with Crippen LogP contribution in [0.4, 0.5) is 0 Å². The number of unbranched alkanes of at least 4 members (excludes halogenated alkanes) is 1. The summed E-state index contributed by atoms with van der Waals surface area (Å²) in [6.45, 7) is 3.07. The molecule has 0 heterocycles. The maximum atomic E-state index is 12.7. The molecule has 48 heavy (non-hydrogen) atoms. The molecule has 0 aliphatic heterocycles. The highest BCUT2D eigenvalue weighted by atomic mass is 16.5. The molecule has 1 aliphatic rings. The summed E-state index contributed by atoms with van der Waals surface area (Å²) in [6, 6.07) is 41.4. The molecule has 0 saturated heterocycles. The van der Waals surface area contributed by atoms with Gasteiger partial charge in [-0.3, -0.25) is 4.79 Å². The van der Waals surface area contributed by atoms with E-state index in [1.54, 1.807) is 14.2 Å². The largest absolute Gasteiger partial charge is 0.497 e. The SMILES string of the molecule is COc1ccc(C(OCC(C)CCCCC(=O)OCc2cccc3c2Cc2ccccc2-3)(c2ccccc2)c2ccc(OC)cc2)cc1. The average Bonchev–Trinajstić information content (AvgIpc) is 3.53. The van der Waals surface area contributed by atoms with Gasteiger partial charge in [-0.25, -0.2) is 0 Å². The number of hydrogen-bond donors (Lipinski definition) is 0. The van der Waals surface area contributed by atoms with Crippen LogP contribution >= 0.6 is 0 Å². The molecule has 246 valence electrons. The smallest absolute Gasteiger partial charge is 0.306 e. The van der Waals surface area contributed by atoms with E-state index >= 15 is 0 Å². The molecular weight excluding hydrogens is 596 g/mol. The maximum absolute atomic E-state index is 12.7. The molecular formula is C43H44O5. The zero-order valence-electron chi connectivity index (χ0n) is 28.1. The highest BCUT2D eigenvalue weighted by molar-refractivity contribution is 5.78. The first kappa shape index (κ1) is 33.0. The Morgan fingerprint density at radius 2 is 1.29 bits per heavy atom. The number of ether oxygens (including phenoxy) is 4. The van der Waals surface area contributed by atoms with E-state index in [-0.39, 0.29) is 11.9 Å². The van der Waals surface area contributed by atoms with Crippen molar-refractivity contribution in [3.8, 4) is 22.6 Å². The van der Waals surface area contributed by atoms with Gasteiger partial charge in [0.2, 0.25) is 0 Å². The quantitative estimate of drug-likeness (QED) is 0.0636. The van der Waals surface area contributed by atoms with Crippen LogP contribution in [0.5, 0.6) is 11.5 Å². The number of carbonyl (C=O) groups is 1. The van der Waals surface area contributed by atoms with E-state index in [2.05, 4.69) is 85.8 Å². The topological polar surface area (TPSA) is 54.0 Å². The first-order valence-electron chi connectivity index (χ1n) is 16.8. The van der Waals surface area contributed by atoms with Gasteiger partial charge in [0.05, 0.1) is 20.8 Å². The summed E-state index contributed by atoms with van der Waals surface area (Å²) in [5.41, 5.74) is 8.48. The Hall–Kier alpha value is -4.87. The van der Waals surface area contributed by atoms with Crippen molar-refractivity contribution in [3.63, 3.8) is 0 Å². The lowest BCUT2D eigenvalue weighted by Gasteiger charge is -2.37. The van der Waals surface area contributed by atoms with E-state index in [9.17, 15) is 4.79 Å². The number of carbonyl (C=O) groups excluding carboxylic acids is 1. The summed E-state index contributed by atoms with van der Waals surface area (Å²) >= 11 is 0. The van der Waals surface area contributed by atoms with Crippen LogP contribution in [0, 0.1) is 5.92 Å². The van der Waals surface area contributed by atoms with Crippen molar-refractivity contribution in [2.24, 2.45) is 5.92 Å². The summed E-state index contributed by atoms with van der Waals surface area (Å²) in [5.74, 6) is 1.71. The van der Waals surface area contributed by atoms with Crippen LogP contribution < -0.4 is 9.47 Å². The van der Waals surface area contributed by atoms with Gasteiger partial charge in [-0.15, -0.1) is 0 Å². The lowest BCUT2D eigenvalue weighted by atomic mass is 9.80. The zero-order valence-corrected chi connectivity index (χ0v) is 28.1. The minimum Gasteiger partial charge on any atom is -0.497 e. The fraction of sp³-hybridized carbons (Fsp3) is 0.279. The van der Waals surface area contributed by atoms with E-state index in [1.807, 2.05) is 42.5 Å². The van der Waals surface area contributed by atoms with Crippen LogP contribution in [0.3, 0.4) is 0 Å². The molecule has 5 heteroatoms. The highest BCUT2D eigenvalue weighted by Gasteiger charge is 2.38. The Balaban J connectivity index is 1.07. The highest BCUT2D eigenvalue weighted by Crippen LogP contribution is 2.42. The third-order valence-corrected chi connectivity index (χ3v) is 9.42. The third-order valence-electron chi connectivity index (χ3n) is 9.42. The van der Waals surface area contributed by atoms with Crippen molar-refractivity contribution in [1.82, 2.24) is 0 Å². The molecule has 5 aromatic carbocycles. The van der Waals surface area contributed by atoms with Gasteiger partial charge >= 0.3 is 5.97 Å². The van der Waals surface area contributed by atoms with Crippen LogP contribution in [0.15, 0.2) is 121 Å². The lowest BCUT2D eigenvalue weighted by molar-refractivity contribution is -0.145. The number of methoxy groups -OCH3 is 2. The van der Waals surface area contributed by atoms with Gasteiger partial charge in [0.15, 0.2) is 0 Å². The van der Waals surface area contributed by atoms with Crippen molar-refractivity contribution in [2.75, 3.05) is 20.8 Å². The molecule has 1 unspecified atom stereocenters. The van der Waals surface area contributed by atoms with Crippen LogP contribution in [0.1, 0.15) is 66.0 Å². The number of benzene rings is 5. The second kappa shape index (κ2) is 15.4. The number of fused-ring (bicyclic) bond motifs is 3.